The highest BCUT2D eigenvalue weighted by Gasteiger charge is 2.07. The average molecular weight is 215 g/mol. The van der Waals surface area contributed by atoms with Gasteiger partial charge in [-0.05, 0) is 6.92 Å². The molecule has 2 N–H and O–H groups in total. The third-order valence-corrected chi connectivity index (χ3v) is 1.67. The van der Waals surface area contributed by atoms with E-state index in [0.29, 0.717) is 38.0 Å². The van der Waals surface area contributed by atoms with E-state index in [1.165, 1.54) is 0 Å². The van der Waals surface area contributed by atoms with Gasteiger partial charge in [0, 0.05) is 19.6 Å². The lowest BCUT2D eigenvalue weighted by Crippen LogP contribution is -2.18. The minimum atomic E-state index is 0.0323. The molecule has 0 spiro atoms. The van der Waals surface area contributed by atoms with Crippen LogP contribution in [-0.2, 0) is 22.5 Å². The first-order valence-corrected chi connectivity index (χ1v) is 4.86. The molecule has 0 aliphatic heterocycles. The number of rotatable bonds is 7. The SMILES string of the molecule is COCCOCc1nc(CC(C)N)no1. The van der Waals surface area contributed by atoms with Crippen molar-refractivity contribution in [3.8, 4) is 0 Å². The lowest BCUT2D eigenvalue weighted by molar-refractivity contribution is 0.0494. The molecule has 6 nitrogen and oxygen atoms in total. The maximum absolute atomic E-state index is 5.60. The second-order valence-electron chi connectivity index (χ2n) is 3.33. The fraction of sp³-hybridized carbons (Fsp3) is 0.778. The molecule has 1 aromatic heterocycles. The average Bonchev–Trinajstić information content (AvgIpc) is 2.59. The molecule has 0 amide bonds. The van der Waals surface area contributed by atoms with Gasteiger partial charge in [-0.15, -0.1) is 0 Å². The third-order valence-electron chi connectivity index (χ3n) is 1.67. The maximum atomic E-state index is 5.60. The van der Waals surface area contributed by atoms with Crippen LogP contribution in [0.2, 0.25) is 0 Å². The Balaban J connectivity index is 2.26. The Bertz CT molecular complexity index is 275. The fourth-order valence-electron chi connectivity index (χ4n) is 1.02. The molecular weight excluding hydrogens is 198 g/mol. The van der Waals surface area contributed by atoms with Crippen LogP contribution in [0, 0.1) is 0 Å². The van der Waals surface area contributed by atoms with Crippen LogP contribution in [0.3, 0.4) is 0 Å². The summed E-state index contributed by atoms with van der Waals surface area (Å²) in [5.74, 6) is 1.09. The number of nitrogens with zero attached hydrogens (tertiary/aromatic N) is 2. The first-order chi connectivity index (χ1) is 7.22. The summed E-state index contributed by atoms with van der Waals surface area (Å²) in [5.41, 5.74) is 5.60. The molecule has 0 fully saturated rings. The van der Waals surface area contributed by atoms with Gasteiger partial charge >= 0.3 is 0 Å². The lowest BCUT2D eigenvalue weighted by Gasteiger charge is -1.98. The Kier molecular flexibility index (Phi) is 5.23. The standard InChI is InChI=1S/C9H17N3O3/c1-7(10)5-8-11-9(15-12-8)6-14-4-3-13-2/h7H,3-6,10H2,1-2H3. The van der Waals surface area contributed by atoms with Crippen molar-refractivity contribution in [2.75, 3.05) is 20.3 Å². The Labute approximate surface area is 88.7 Å². The van der Waals surface area contributed by atoms with Crippen LogP contribution >= 0.6 is 0 Å². The summed E-state index contributed by atoms with van der Waals surface area (Å²) in [6, 6.07) is 0.0323. The second-order valence-corrected chi connectivity index (χ2v) is 3.33. The monoisotopic (exact) mass is 215 g/mol. The zero-order valence-corrected chi connectivity index (χ0v) is 9.10. The van der Waals surface area contributed by atoms with Gasteiger partial charge in [-0.2, -0.15) is 4.98 Å². The van der Waals surface area contributed by atoms with Crippen molar-refractivity contribution >= 4 is 0 Å². The van der Waals surface area contributed by atoms with Crippen LogP contribution in [0.15, 0.2) is 4.52 Å². The second kappa shape index (κ2) is 6.49. The molecule has 0 aliphatic carbocycles. The molecule has 0 bridgehead atoms. The summed E-state index contributed by atoms with van der Waals surface area (Å²) >= 11 is 0. The number of hydrogen-bond donors (Lipinski definition) is 1. The van der Waals surface area contributed by atoms with Gasteiger partial charge in [-0.3, -0.25) is 0 Å². The van der Waals surface area contributed by atoms with Gasteiger partial charge in [-0.1, -0.05) is 5.16 Å². The molecule has 1 rings (SSSR count). The van der Waals surface area contributed by atoms with Gasteiger partial charge in [0.05, 0.1) is 13.2 Å². The van der Waals surface area contributed by atoms with E-state index in [1.54, 1.807) is 7.11 Å². The molecule has 86 valence electrons. The largest absolute Gasteiger partial charge is 0.382 e. The Morgan fingerprint density at radius 1 is 1.47 bits per heavy atom. The fourth-order valence-corrected chi connectivity index (χ4v) is 1.02. The van der Waals surface area contributed by atoms with E-state index < -0.39 is 0 Å². The van der Waals surface area contributed by atoms with E-state index in [4.69, 9.17) is 19.7 Å². The molecule has 1 atom stereocenters. The molecule has 0 saturated heterocycles. The van der Waals surface area contributed by atoms with E-state index in [0.717, 1.165) is 0 Å². The van der Waals surface area contributed by atoms with Crippen LogP contribution in [0.25, 0.3) is 0 Å². The highest BCUT2D eigenvalue weighted by Crippen LogP contribution is 2.01. The molecular formula is C9H17N3O3. The summed E-state index contributed by atoms with van der Waals surface area (Å²) in [5, 5.41) is 3.78. The molecule has 0 aromatic carbocycles. The van der Waals surface area contributed by atoms with Crippen molar-refractivity contribution in [2.45, 2.75) is 26.0 Å². The van der Waals surface area contributed by atoms with E-state index in [9.17, 15) is 0 Å². The van der Waals surface area contributed by atoms with Crippen molar-refractivity contribution in [3.05, 3.63) is 11.7 Å². The van der Waals surface area contributed by atoms with Crippen LogP contribution in [0.1, 0.15) is 18.6 Å². The first kappa shape index (κ1) is 12.1. The van der Waals surface area contributed by atoms with Crippen molar-refractivity contribution in [2.24, 2.45) is 5.73 Å². The summed E-state index contributed by atoms with van der Waals surface area (Å²) < 4.78 is 15.0. The molecule has 0 saturated carbocycles. The first-order valence-electron chi connectivity index (χ1n) is 4.86. The summed E-state index contributed by atoms with van der Waals surface area (Å²) in [4.78, 5) is 4.12. The van der Waals surface area contributed by atoms with Crippen molar-refractivity contribution < 1.29 is 14.0 Å². The third kappa shape index (κ3) is 4.87. The minimum absolute atomic E-state index is 0.0323. The van der Waals surface area contributed by atoms with Crippen molar-refractivity contribution in [3.63, 3.8) is 0 Å². The molecule has 15 heavy (non-hydrogen) atoms. The number of ether oxygens (including phenoxy) is 2. The molecule has 0 aliphatic rings. The summed E-state index contributed by atoms with van der Waals surface area (Å²) in [7, 11) is 1.62. The predicted molar refractivity (Wildman–Crippen MR) is 53.2 cm³/mol. The summed E-state index contributed by atoms with van der Waals surface area (Å²) in [6.07, 6.45) is 0.613. The molecule has 1 unspecified atom stereocenters. The van der Waals surface area contributed by atoms with Crippen molar-refractivity contribution in [1.82, 2.24) is 10.1 Å². The number of hydrogen-bond acceptors (Lipinski definition) is 6. The lowest BCUT2D eigenvalue weighted by atomic mass is 10.2. The van der Waals surface area contributed by atoms with Crippen LogP contribution < -0.4 is 5.73 Å². The van der Waals surface area contributed by atoms with Gasteiger partial charge in [0.15, 0.2) is 5.82 Å². The highest BCUT2D eigenvalue weighted by atomic mass is 16.5. The molecule has 0 radical (unpaired) electrons. The van der Waals surface area contributed by atoms with Crippen LogP contribution in [0.4, 0.5) is 0 Å². The number of methoxy groups -OCH3 is 1. The van der Waals surface area contributed by atoms with E-state index in [-0.39, 0.29) is 6.04 Å². The highest BCUT2D eigenvalue weighted by molar-refractivity contribution is 4.87. The molecule has 1 heterocycles. The number of aromatic nitrogens is 2. The molecule has 1 aromatic rings. The predicted octanol–water partition coefficient (Wildman–Crippen LogP) is 0.122. The van der Waals surface area contributed by atoms with E-state index in [1.807, 2.05) is 6.92 Å². The van der Waals surface area contributed by atoms with Gasteiger partial charge in [0.2, 0.25) is 0 Å². The van der Waals surface area contributed by atoms with Crippen molar-refractivity contribution in [1.29, 1.82) is 0 Å². The Morgan fingerprint density at radius 2 is 2.27 bits per heavy atom. The normalized spacial score (nSPS) is 13.0. The Hall–Kier alpha value is -0.980. The minimum Gasteiger partial charge on any atom is -0.382 e. The zero-order chi connectivity index (χ0) is 11.1. The quantitative estimate of drug-likeness (QED) is 0.650. The number of nitrogens with two attached hydrogens (primary N) is 1. The van der Waals surface area contributed by atoms with E-state index >= 15 is 0 Å². The van der Waals surface area contributed by atoms with Gasteiger partial charge in [0.25, 0.3) is 5.89 Å². The summed E-state index contributed by atoms with van der Waals surface area (Å²) in [6.45, 7) is 3.28. The van der Waals surface area contributed by atoms with Crippen LogP contribution in [-0.4, -0.2) is 36.5 Å². The Morgan fingerprint density at radius 3 is 2.93 bits per heavy atom. The maximum Gasteiger partial charge on any atom is 0.252 e. The molecule has 6 heteroatoms. The van der Waals surface area contributed by atoms with Gasteiger partial charge < -0.3 is 19.7 Å². The van der Waals surface area contributed by atoms with Gasteiger partial charge in [0.1, 0.15) is 6.61 Å². The van der Waals surface area contributed by atoms with Crippen LogP contribution in [0.5, 0.6) is 0 Å². The van der Waals surface area contributed by atoms with Gasteiger partial charge in [-0.25, -0.2) is 0 Å². The van der Waals surface area contributed by atoms with E-state index in [2.05, 4.69) is 10.1 Å². The smallest absolute Gasteiger partial charge is 0.252 e. The zero-order valence-electron chi connectivity index (χ0n) is 9.10. The topological polar surface area (TPSA) is 83.4 Å².